The maximum Gasteiger partial charge on any atom is 0.120 e. The smallest absolute Gasteiger partial charge is 0.120 e. The molecule has 0 fully saturated rings. The van der Waals surface area contributed by atoms with Gasteiger partial charge in [0, 0.05) is 15.6 Å². The molecule has 0 aromatic heterocycles. The SMILES string of the molecule is Cc1ccc(OCc2c(Cl)cccc2Cl)cc1C. The van der Waals surface area contributed by atoms with Gasteiger partial charge >= 0.3 is 0 Å². The molecule has 0 spiro atoms. The zero-order valence-corrected chi connectivity index (χ0v) is 11.8. The second kappa shape index (κ2) is 5.64. The van der Waals surface area contributed by atoms with Crippen LogP contribution in [0.5, 0.6) is 5.75 Å². The van der Waals surface area contributed by atoms with Crippen LogP contribution < -0.4 is 4.74 Å². The van der Waals surface area contributed by atoms with Crippen LogP contribution in [0.15, 0.2) is 36.4 Å². The fraction of sp³-hybridized carbons (Fsp3) is 0.200. The highest BCUT2D eigenvalue weighted by atomic mass is 35.5. The van der Waals surface area contributed by atoms with Gasteiger partial charge in [-0.25, -0.2) is 0 Å². The maximum absolute atomic E-state index is 6.09. The number of aryl methyl sites for hydroxylation is 2. The Kier molecular flexibility index (Phi) is 4.15. The molecule has 2 aromatic rings. The molecule has 0 aliphatic rings. The van der Waals surface area contributed by atoms with Crippen LogP contribution in [0.3, 0.4) is 0 Å². The van der Waals surface area contributed by atoms with E-state index >= 15 is 0 Å². The van der Waals surface area contributed by atoms with E-state index in [0.29, 0.717) is 16.7 Å². The Hall–Kier alpha value is -1.18. The van der Waals surface area contributed by atoms with E-state index in [1.807, 2.05) is 36.4 Å². The Labute approximate surface area is 117 Å². The first-order valence-electron chi connectivity index (χ1n) is 5.71. The van der Waals surface area contributed by atoms with Crippen molar-refractivity contribution in [3.63, 3.8) is 0 Å². The highest BCUT2D eigenvalue weighted by molar-refractivity contribution is 6.35. The van der Waals surface area contributed by atoms with E-state index in [9.17, 15) is 0 Å². The van der Waals surface area contributed by atoms with Gasteiger partial charge < -0.3 is 4.74 Å². The summed E-state index contributed by atoms with van der Waals surface area (Å²) in [4.78, 5) is 0. The Morgan fingerprint density at radius 3 is 2.22 bits per heavy atom. The van der Waals surface area contributed by atoms with Crippen LogP contribution in [-0.2, 0) is 6.61 Å². The van der Waals surface area contributed by atoms with Crippen LogP contribution in [0.1, 0.15) is 16.7 Å². The molecule has 0 heterocycles. The maximum atomic E-state index is 6.09. The van der Waals surface area contributed by atoms with E-state index in [1.165, 1.54) is 11.1 Å². The number of hydrogen-bond donors (Lipinski definition) is 0. The van der Waals surface area contributed by atoms with Gasteiger partial charge in [-0.15, -0.1) is 0 Å². The van der Waals surface area contributed by atoms with Crippen molar-refractivity contribution in [1.29, 1.82) is 0 Å². The number of hydrogen-bond acceptors (Lipinski definition) is 1. The molecule has 0 radical (unpaired) electrons. The third kappa shape index (κ3) is 2.98. The molecule has 3 heteroatoms. The van der Waals surface area contributed by atoms with Crippen molar-refractivity contribution in [3.05, 3.63) is 63.1 Å². The molecule has 0 bridgehead atoms. The Bertz CT molecular complexity index is 544. The highest BCUT2D eigenvalue weighted by Gasteiger charge is 2.06. The third-order valence-corrected chi connectivity index (χ3v) is 3.63. The fourth-order valence-electron chi connectivity index (χ4n) is 1.63. The average Bonchev–Trinajstić information content (AvgIpc) is 2.33. The van der Waals surface area contributed by atoms with Crippen molar-refractivity contribution >= 4 is 23.2 Å². The van der Waals surface area contributed by atoms with Crippen LogP contribution in [0, 0.1) is 13.8 Å². The van der Waals surface area contributed by atoms with Crippen LogP contribution in [0.25, 0.3) is 0 Å². The summed E-state index contributed by atoms with van der Waals surface area (Å²) in [6.07, 6.45) is 0. The summed E-state index contributed by atoms with van der Waals surface area (Å²) in [5.41, 5.74) is 3.27. The number of halogens is 2. The summed E-state index contributed by atoms with van der Waals surface area (Å²) >= 11 is 12.2. The van der Waals surface area contributed by atoms with E-state index in [1.54, 1.807) is 0 Å². The predicted molar refractivity (Wildman–Crippen MR) is 76.7 cm³/mol. The molecular weight excluding hydrogens is 267 g/mol. The summed E-state index contributed by atoms with van der Waals surface area (Å²) < 4.78 is 5.72. The molecule has 2 rings (SSSR count). The molecule has 0 saturated carbocycles. The minimum Gasteiger partial charge on any atom is -0.489 e. The lowest BCUT2D eigenvalue weighted by Crippen LogP contribution is -1.98. The summed E-state index contributed by atoms with van der Waals surface area (Å²) in [7, 11) is 0. The monoisotopic (exact) mass is 280 g/mol. The van der Waals surface area contributed by atoms with Crippen molar-refractivity contribution in [2.24, 2.45) is 0 Å². The predicted octanol–water partition coefficient (Wildman–Crippen LogP) is 5.19. The van der Waals surface area contributed by atoms with Gasteiger partial charge in [-0.3, -0.25) is 0 Å². The minimum atomic E-state index is 0.376. The standard InChI is InChI=1S/C15H14Cl2O/c1-10-6-7-12(8-11(10)2)18-9-13-14(16)4-3-5-15(13)17/h3-8H,9H2,1-2H3. The molecule has 0 unspecified atom stereocenters. The van der Waals surface area contributed by atoms with Crippen molar-refractivity contribution in [2.45, 2.75) is 20.5 Å². The normalized spacial score (nSPS) is 10.4. The van der Waals surface area contributed by atoms with Crippen LogP contribution in [-0.4, -0.2) is 0 Å². The lowest BCUT2D eigenvalue weighted by molar-refractivity contribution is 0.306. The number of rotatable bonds is 3. The van der Waals surface area contributed by atoms with Gasteiger partial charge in [0.2, 0.25) is 0 Å². The lowest BCUT2D eigenvalue weighted by atomic mass is 10.1. The summed E-state index contributed by atoms with van der Waals surface area (Å²) in [5.74, 6) is 0.828. The molecule has 2 aromatic carbocycles. The summed E-state index contributed by atoms with van der Waals surface area (Å²) in [6, 6.07) is 11.5. The van der Waals surface area contributed by atoms with Gasteiger partial charge in [0.15, 0.2) is 0 Å². The van der Waals surface area contributed by atoms with Crippen LogP contribution in [0.2, 0.25) is 10.0 Å². The molecule has 0 saturated heterocycles. The summed E-state index contributed by atoms with van der Waals surface area (Å²) in [5, 5.41) is 1.26. The van der Waals surface area contributed by atoms with Crippen molar-refractivity contribution in [3.8, 4) is 5.75 Å². The molecule has 1 nitrogen and oxygen atoms in total. The van der Waals surface area contributed by atoms with E-state index in [-0.39, 0.29) is 0 Å². The molecule has 94 valence electrons. The van der Waals surface area contributed by atoms with Crippen molar-refractivity contribution in [1.82, 2.24) is 0 Å². The lowest BCUT2D eigenvalue weighted by Gasteiger charge is -2.10. The van der Waals surface area contributed by atoms with Crippen molar-refractivity contribution in [2.75, 3.05) is 0 Å². The largest absolute Gasteiger partial charge is 0.489 e. The first-order chi connectivity index (χ1) is 8.58. The summed E-state index contributed by atoms with van der Waals surface area (Å²) in [6.45, 7) is 4.51. The van der Waals surface area contributed by atoms with Gasteiger partial charge in [-0.05, 0) is 49.2 Å². The Balaban J connectivity index is 2.14. The molecule has 0 atom stereocenters. The minimum absolute atomic E-state index is 0.376. The Morgan fingerprint density at radius 1 is 0.944 bits per heavy atom. The molecular formula is C15H14Cl2O. The third-order valence-electron chi connectivity index (χ3n) is 2.92. The topological polar surface area (TPSA) is 9.23 Å². The van der Waals surface area contributed by atoms with Crippen LogP contribution in [0.4, 0.5) is 0 Å². The zero-order chi connectivity index (χ0) is 13.1. The number of ether oxygens (including phenoxy) is 1. The molecule has 0 aliphatic heterocycles. The van der Waals surface area contributed by atoms with Gasteiger partial charge in [0.25, 0.3) is 0 Å². The van der Waals surface area contributed by atoms with E-state index < -0.39 is 0 Å². The van der Waals surface area contributed by atoms with Gasteiger partial charge in [-0.2, -0.15) is 0 Å². The molecule has 0 N–H and O–H groups in total. The fourth-order valence-corrected chi connectivity index (χ4v) is 2.14. The van der Waals surface area contributed by atoms with Gasteiger partial charge in [0.05, 0.1) is 0 Å². The van der Waals surface area contributed by atoms with Gasteiger partial charge in [0.1, 0.15) is 12.4 Å². The average molecular weight is 281 g/mol. The first-order valence-corrected chi connectivity index (χ1v) is 6.46. The van der Waals surface area contributed by atoms with Crippen molar-refractivity contribution < 1.29 is 4.74 Å². The van der Waals surface area contributed by atoms with Gasteiger partial charge in [-0.1, -0.05) is 35.3 Å². The molecule has 0 aliphatic carbocycles. The quantitative estimate of drug-likeness (QED) is 0.752. The second-order valence-corrected chi connectivity index (χ2v) is 5.05. The first kappa shape index (κ1) is 13.3. The molecule has 18 heavy (non-hydrogen) atoms. The van der Waals surface area contributed by atoms with E-state index in [0.717, 1.165) is 11.3 Å². The van der Waals surface area contributed by atoms with E-state index in [4.69, 9.17) is 27.9 Å². The molecule has 0 amide bonds. The zero-order valence-electron chi connectivity index (χ0n) is 10.3. The highest BCUT2D eigenvalue weighted by Crippen LogP contribution is 2.26. The number of benzene rings is 2. The van der Waals surface area contributed by atoms with Crippen LogP contribution >= 0.6 is 23.2 Å². The Morgan fingerprint density at radius 2 is 1.61 bits per heavy atom. The van der Waals surface area contributed by atoms with E-state index in [2.05, 4.69) is 13.8 Å². The second-order valence-electron chi connectivity index (χ2n) is 4.23.